The first kappa shape index (κ1) is 12.0. The Kier molecular flexibility index (Phi) is 3.02. The third kappa shape index (κ3) is 1.81. The molecular weight excluding hydrogens is 224 g/mol. The van der Waals surface area contributed by atoms with Gasteiger partial charge in [-0.1, -0.05) is 12.1 Å². The predicted molar refractivity (Wildman–Crippen MR) is 72.4 cm³/mol. The van der Waals surface area contributed by atoms with Crippen LogP contribution in [0.2, 0.25) is 0 Å². The molecule has 98 valence electrons. The van der Waals surface area contributed by atoms with Gasteiger partial charge >= 0.3 is 0 Å². The molecule has 4 rings (SSSR count). The Morgan fingerprint density at radius 2 is 2.11 bits per heavy atom. The Hall–Kier alpha value is -1.09. The minimum Gasteiger partial charge on any atom is -0.356 e. The summed E-state index contributed by atoms with van der Waals surface area (Å²) in [6.45, 7) is 10.2. The van der Waals surface area contributed by atoms with Crippen LogP contribution in [0.25, 0.3) is 5.57 Å². The topological polar surface area (TPSA) is 29.3 Å². The number of aryl methyl sites for hydroxylation is 1. The molecule has 0 N–H and O–H groups in total. The van der Waals surface area contributed by atoms with E-state index in [4.69, 9.17) is 4.52 Å². The average Bonchev–Trinajstić information content (AvgIpc) is 2.80. The van der Waals surface area contributed by atoms with Crippen molar-refractivity contribution in [1.29, 1.82) is 0 Å². The van der Waals surface area contributed by atoms with Crippen molar-refractivity contribution in [2.45, 2.75) is 40.0 Å². The highest BCUT2D eigenvalue weighted by atomic mass is 16.5. The van der Waals surface area contributed by atoms with Crippen molar-refractivity contribution in [3.63, 3.8) is 0 Å². The Labute approximate surface area is 109 Å². The van der Waals surface area contributed by atoms with E-state index in [0.717, 1.165) is 30.3 Å². The van der Waals surface area contributed by atoms with E-state index in [2.05, 4.69) is 30.8 Å². The molecule has 0 saturated carbocycles. The molecule has 0 amide bonds. The summed E-state index contributed by atoms with van der Waals surface area (Å²) in [6.07, 6.45) is 3.59. The molecule has 0 atom stereocenters. The van der Waals surface area contributed by atoms with Gasteiger partial charge in [0.05, 0.1) is 5.69 Å². The SMILES string of the molecule is CCc1noc(/C(C)=C2\CN3CCC2CC3)c1C. The first-order chi connectivity index (χ1) is 8.70. The number of hydrogen-bond donors (Lipinski definition) is 0. The van der Waals surface area contributed by atoms with Gasteiger partial charge in [0.2, 0.25) is 0 Å². The van der Waals surface area contributed by atoms with E-state index >= 15 is 0 Å². The van der Waals surface area contributed by atoms with Crippen LogP contribution in [0, 0.1) is 12.8 Å². The molecule has 1 aromatic rings. The van der Waals surface area contributed by atoms with Crippen molar-refractivity contribution in [3.8, 4) is 0 Å². The standard InChI is InChI=1S/C15H22N2O/c1-4-14-11(3)15(18-16-14)10(2)13-9-17-7-5-12(13)6-8-17/h12H,4-9H2,1-3H3/b13-10+. The Balaban J connectivity index is 1.97. The van der Waals surface area contributed by atoms with E-state index in [9.17, 15) is 0 Å². The minimum absolute atomic E-state index is 0.782. The molecule has 18 heavy (non-hydrogen) atoms. The Morgan fingerprint density at radius 1 is 1.39 bits per heavy atom. The molecule has 0 aromatic carbocycles. The van der Waals surface area contributed by atoms with Crippen LogP contribution in [-0.4, -0.2) is 29.7 Å². The maximum Gasteiger partial charge on any atom is 0.165 e. The maximum absolute atomic E-state index is 5.58. The molecule has 3 aliphatic heterocycles. The lowest BCUT2D eigenvalue weighted by molar-refractivity contribution is 0.162. The molecular formula is C15H22N2O. The van der Waals surface area contributed by atoms with Crippen LogP contribution < -0.4 is 0 Å². The zero-order chi connectivity index (χ0) is 12.7. The molecule has 0 unspecified atom stereocenters. The molecule has 0 spiro atoms. The normalized spacial score (nSPS) is 29.7. The molecule has 3 nitrogen and oxygen atoms in total. The summed E-state index contributed by atoms with van der Waals surface area (Å²) in [6, 6.07) is 0. The third-order valence-corrected chi connectivity index (χ3v) is 4.65. The maximum atomic E-state index is 5.58. The lowest BCUT2D eigenvalue weighted by Gasteiger charge is -2.41. The van der Waals surface area contributed by atoms with E-state index in [1.165, 1.54) is 37.1 Å². The van der Waals surface area contributed by atoms with E-state index in [0.29, 0.717) is 0 Å². The van der Waals surface area contributed by atoms with Gasteiger partial charge in [-0.25, -0.2) is 0 Å². The molecule has 2 bridgehead atoms. The highest BCUT2D eigenvalue weighted by Gasteiger charge is 2.31. The quantitative estimate of drug-likeness (QED) is 0.803. The van der Waals surface area contributed by atoms with Crippen LogP contribution in [0.5, 0.6) is 0 Å². The molecule has 0 aliphatic carbocycles. The summed E-state index contributed by atoms with van der Waals surface area (Å²) in [5.74, 6) is 1.81. The number of allylic oxidation sites excluding steroid dienone is 1. The smallest absolute Gasteiger partial charge is 0.165 e. The van der Waals surface area contributed by atoms with Gasteiger partial charge in [-0.2, -0.15) is 0 Å². The fraction of sp³-hybridized carbons (Fsp3) is 0.667. The zero-order valence-electron chi connectivity index (χ0n) is 11.6. The summed E-state index contributed by atoms with van der Waals surface area (Å²) >= 11 is 0. The third-order valence-electron chi connectivity index (χ3n) is 4.65. The minimum atomic E-state index is 0.782. The monoisotopic (exact) mass is 246 g/mol. The first-order valence-corrected chi connectivity index (χ1v) is 7.08. The molecule has 0 radical (unpaired) electrons. The second-order valence-electron chi connectivity index (χ2n) is 5.64. The van der Waals surface area contributed by atoms with E-state index in [1.807, 2.05) is 0 Å². The van der Waals surface area contributed by atoms with Gasteiger partial charge in [-0.05, 0) is 63.3 Å². The highest BCUT2D eigenvalue weighted by Crippen LogP contribution is 2.37. The van der Waals surface area contributed by atoms with Crippen molar-refractivity contribution in [2.24, 2.45) is 5.92 Å². The number of nitrogens with zero attached hydrogens (tertiary/aromatic N) is 2. The van der Waals surface area contributed by atoms with Crippen molar-refractivity contribution < 1.29 is 4.52 Å². The van der Waals surface area contributed by atoms with Crippen LogP contribution in [0.4, 0.5) is 0 Å². The molecule has 4 heterocycles. The predicted octanol–water partition coefficient (Wildman–Crippen LogP) is 3.04. The lowest BCUT2D eigenvalue weighted by Crippen LogP contribution is -2.43. The Bertz CT molecular complexity index is 479. The van der Waals surface area contributed by atoms with E-state index in [1.54, 1.807) is 5.57 Å². The number of fused-ring (bicyclic) bond motifs is 3. The summed E-state index contributed by atoms with van der Waals surface area (Å²) in [5, 5.41) is 4.19. The summed E-state index contributed by atoms with van der Waals surface area (Å²) in [7, 11) is 0. The Morgan fingerprint density at radius 3 is 2.61 bits per heavy atom. The second-order valence-corrected chi connectivity index (χ2v) is 5.64. The van der Waals surface area contributed by atoms with Gasteiger partial charge in [0, 0.05) is 12.1 Å². The van der Waals surface area contributed by atoms with E-state index in [-0.39, 0.29) is 0 Å². The number of hydrogen-bond acceptors (Lipinski definition) is 3. The second kappa shape index (κ2) is 4.54. The number of rotatable bonds is 2. The number of aromatic nitrogens is 1. The molecule has 3 saturated heterocycles. The summed E-state index contributed by atoms with van der Waals surface area (Å²) in [4.78, 5) is 2.56. The summed E-state index contributed by atoms with van der Waals surface area (Å²) in [5.41, 5.74) is 5.27. The molecule has 1 aromatic heterocycles. The van der Waals surface area contributed by atoms with Crippen LogP contribution in [0.15, 0.2) is 10.1 Å². The van der Waals surface area contributed by atoms with Crippen LogP contribution in [0.3, 0.4) is 0 Å². The van der Waals surface area contributed by atoms with Crippen LogP contribution in [0.1, 0.15) is 43.7 Å². The van der Waals surface area contributed by atoms with E-state index < -0.39 is 0 Å². The molecule has 3 aliphatic rings. The van der Waals surface area contributed by atoms with Crippen molar-refractivity contribution >= 4 is 5.57 Å². The first-order valence-electron chi connectivity index (χ1n) is 7.08. The van der Waals surface area contributed by atoms with Crippen LogP contribution >= 0.6 is 0 Å². The fourth-order valence-corrected chi connectivity index (χ4v) is 3.43. The van der Waals surface area contributed by atoms with Crippen molar-refractivity contribution in [2.75, 3.05) is 19.6 Å². The highest BCUT2D eigenvalue weighted by molar-refractivity contribution is 5.67. The van der Waals surface area contributed by atoms with Gasteiger partial charge < -0.3 is 4.52 Å². The lowest BCUT2D eigenvalue weighted by atomic mass is 9.81. The molecule has 3 heteroatoms. The van der Waals surface area contributed by atoms with Crippen molar-refractivity contribution in [3.05, 3.63) is 22.6 Å². The summed E-state index contributed by atoms with van der Waals surface area (Å²) < 4.78 is 5.58. The van der Waals surface area contributed by atoms with Gasteiger partial charge in [0.1, 0.15) is 0 Å². The molecule has 3 fully saturated rings. The van der Waals surface area contributed by atoms with Gasteiger partial charge in [-0.3, -0.25) is 4.90 Å². The largest absolute Gasteiger partial charge is 0.356 e. The van der Waals surface area contributed by atoms with Gasteiger partial charge in [0.15, 0.2) is 5.76 Å². The number of piperidine rings is 3. The average molecular weight is 246 g/mol. The fourth-order valence-electron chi connectivity index (χ4n) is 3.43. The zero-order valence-corrected chi connectivity index (χ0v) is 11.6. The van der Waals surface area contributed by atoms with Gasteiger partial charge in [-0.15, -0.1) is 0 Å². The van der Waals surface area contributed by atoms with Crippen molar-refractivity contribution in [1.82, 2.24) is 10.1 Å². The van der Waals surface area contributed by atoms with Crippen LogP contribution in [-0.2, 0) is 6.42 Å². The van der Waals surface area contributed by atoms with Gasteiger partial charge in [0.25, 0.3) is 0 Å².